The van der Waals surface area contributed by atoms with Crippen molar-refractivity contribution in [2.45, 2.75) is 46.6 Å². The van der Waals surface area contributed by atoms with Crippen LogP contribution in [0.15, 0.2) is 24.3 Å². The minimum atomic E-state index is 0.257. The highest BCUT2D eigenvalue weighted by atomic mass is 16.5. The van der Waals surface area contributed by atoms with E-state index in [1.165, 1.54) is 5.56 Å². The summed E-state index contributed by atoms with van der Waals surface area (Å²) >= 11 is 0. The lowest BCUT2D eigenvalue weighted by atomic mass is 10.1. The molecule has 0 spiro atoms. The topological polar surface area (TPSA) is 30.5 Å². The number of rotatable bonds is 11. The molecule has 21 heavy (non-hydrogen) atoms. The fourth-order valence-electron chi connectivity index (χ4n) is 2.07. The molecule has 0 aliphatic carbocycles. The van der Waals surface area contributed by atoms with Gasteiger partial charge < -0.3 is 14.8 Å². The zero-order valence-corrected chi connectivity index (χ0v) is 14.0. The lowest BCUT2D eigenvalue weighted by Gasteiger charge is -2.20. The molecule has 3 heteroatoms. The lowest BCUT2D eigenvalue weighted by Crippen LogP contribution is -2.26. The Balaban J connectivity index is 2.54. The van der Waals surface area contributed by atoms with Crippen LogP contribution >= 0.6 is 0 Å². The molecule has 1 unspecified atom stereocenters. The summed E-state index contributed by atoms with van der Waals surface area (Å²) in [6.45, 7) is 11.9. The van der Waals surface area contributed by atoms with Crippen LogP contribution in [0.3, 0.4) is 0 Å². The van der Waals surface area contributed by atoms with Gasteiger partial charge in [-0.2, -0.15) is 0 Å². The monoisotopic (exact) mass is 293 g/mol. The Morgan fingerprint density at radius 1 is 1.10 bits per heavy atom. The minimum absolute atomic E-state index is 0.257. The van der Waals surface area contributed by atoms with E-state index in [1.54, 1.807) is 0 Å². The minimum Gasteiger partial charge on any atom is -0.494 e. The molecule has 0 aliphatic heterocycles. The van der Waals surface area contributed by atoms with Gasteiger partial charge in [0.05, 0.1) is 19.3 Å². The van der Waals surface area contributed by atoms with Gasteiger partial charge >= 0.3 is 0 Å². The van der Waals surface area contributed by atoms with Crippen molar-refractivity contribution in [3.63, 3.8) is 0 Å². The van der Waals surface area contributed by atoms with Crippen molar-refractivity contribution in [1.29, 1.82) is 0 Å². The van der Waals surface area contributed by atoms with Crippen molar-refractivity contribution in [2.24, 2.45) is 5.92 Å². The second-order valence-electron chi connectivity index (χ2n) is 5.77. The van der Waals surface area contributed by atoms with Crippen molar-refractivity contribution in [2.75, 3.05) is 26.4 Å². The summed E-state index contributed by atoms with van der Waals surface area (Å²) in [5.74, 6) is 1.62. The Kier molecular flexibility index (Phi) is 9.11. The van der Waals surface area contributed by atoms with Gasteiger partial charge in [0.15, 0.2) is 0 Å². The van der Waals surface area contributed by atoms with E-state index in [9.17, 15) is 0 Å². The Bertz CT molecular complexity index is 362. The number of hydrogen-bond acceptors (Lipinski definition) is 3. The highest BCUT2D eigenvalue weighted by Gasteiger charge is 2.11. The van der Waals surface area contributed by atoms with Gasteiger partial charge in [-0.05, 0) is 49.9 Å². The van der Waals surface area contributed by atoms with Crippen LogP contribution in [0.1, 0.15) is 52.1 Å². The van der Waals surface area contributed by atoms with Crippen molar-refractivity contribution >= 4 is 0 Å². The molecule has 0 fully saturated rings. The molecule has 1 aromatic rings. The molecule has 1 rings (SSSR count). The van der Waals surface area contributed by atoms with Gasteiger partial charge in [-0.15, -0.1) is 0 Å². The molecule has 0 heterocycles. The molecule has 0 saturated heterocycles. The maximum absolute atomic E-state index is 5.84. The van der Waals surface area contributed by atoms with Gasteiger partial charge in [-0.1, -0.05) is 32.9 Å². The van der Waals surface area contributed by atoms with Crippen LogP contribution < -0.4 is 10.1 Å². The van der Waals surface area contributed by atoms with E-state index in [-0.39, 0.29) is 6.04 Å². The van der Waals surface area contributed by atoms with Gasteiger partial charge in [0, 0.05) is 6.61 Å². The van der Waals surface area contributed by atoms with Gasteiger partial charge in [0.2, 0.25) is 0 Å². The number of benzene rings is 1. The first-order chi connectivity index (χ1) is 10.2. The van der Waals surface area contributed by atoms with E-state index < -0.39 is 0 Å². The zero-order valence-electron chi connectivity index (χ0n) is 14.0. The molecule has 1 atom stereocenters. The van der Waals surface area contributed by atoms with Crippen molar-refractivity contribution in [3.8, 4) is 5.75 Å². The summed E-state index contributed by atoms with van der Waals surface area (Å²) in [5.41, 5.74) is 1.26. The van der Waals surface area contributed by atoms with E-state index >= 15 is 0 Å². The Labute approximate surface area is 130 Å². The van der Waals surface area contributed by atoms with Gasteiger partial charge in [0.25, 0.3) is 0 Å². The predicted molar refractivity (Wildman–Crippen MR) is 88.9 cm³/mol. The van der Waals surface area contributed by atoms with Crippen LogP contribution in [0.2, 0.25) is 0 Å². The largest absolute Gasteiger partial charge is 0.494 e. The molecule has 3 nitrogen and oxygen atoms in total. The summed E-state index contributed by atoms with van der Waals surface area (Å²) in [7, 11) is 0. The maximum atomic E-state index is 5.84. The highest BCUT2D eigenvalue weighted by molar-refractivity contribution is 5.29. The molecule has 0 aromatic heterocycles. The Morgan fingerprint density at radius 2 is 1.81 bits per heavy atom. The van der Waals surface area contributed by atoms with Gasteiger partial charge in [-0.3, -0.25) is 0 Å². The van der Waals surface area contributed by atoms with Crippen molar-refractivity contribution < 1.29 is 9.47 Å². The maximum Gasteiger partial charge on any atom is 0.119 e. The summed E-state index contributed by atoms with van der Waals surface area (Å²) < 4.78 is 11.3. The molecule has 0 aliphatic rings. The first-order valence-corrected chi connectivity index (χ1v) is 8.21. The first kappa shape index (κ1) is 18.0. The summed E-state index contributed by atoms with van der Waals surface area (Å²) in [6.07, 6.45) is 2.24. The van der Waals surface area contributed by atoms with Crippen LogP contribution in [0.25, 0.3) is 0 Å². The van der Waals surface area contributed by atoms with Crippen LogP contribution in [0, 0.1) is 5.92 Å². The van der Waals surface area contributed by atoms with E-state index in [0.717, 1.165) is 38.3 Å². The average molecular weight is 293 g/mol. The average Bonchev–Trinajstić information content (AvgIpc) is 2.48. The van der Waals surface area contributed by atoms with E-state index in [2.05, 4.69) is 38.2 Å². The molecule has 120 valence electrons. The smallest absolute Gasteiger partial charge is 0.119 e. The fourth-order valence-corrected chi connectivity index (χ4v) is 2.07. The van der Waals surface area contributed by atoms with E-state index in [0.29, 0.717) is 12.5 Å². The fraction of sp³-hybridized carbons (Fsp3) is 0.667. The summed E-state index contributed by atoms with van der Waals surface area (Å²) in [6, 6.07) is 8.59. The Hall–Kier alpha value is -1.06. The third-order valence-corrected chi connectivity index (χ3v) is 3.36. The van der Waals surface area contributed by atoms with Crippen LogP contribution in [0.5, 0.6) is 5.75 Å². The Morgan fingerprint density at radius 3 is 2.38 bits per heavy atom. The quantitative estimate of drug-likeness (QED) is 0.621. The SMILES string of the molecule is CCCNC(COCCC(C)C)c1ccc(OCC)cc1. The molecular weight excluding hydrogens is 262 g/mol. The van der Waals surface area contributed by atoms with E-state index in [4.69, 9.17) is 9.47 Å². The molecule has 0 amide bonds. The molecule has 1 N–H and O–H groups in total. The number of ether oxygens (including phenoxy) is 2. The number of hydrogen-bond donors (Lipinski definition) is 1. The second kappa shape index (κ2) is 10.6. The third kappa shape index (κ3) is 7.49. The lowest BCUT2D eigenvalue weighted by molar-refractivity contribution is 0.102. The van der Waals surface area contributed by atoms with Crippen molar-refractivity contribution in [3.05, 3.63) is 29.8 Å². The highest BCUT2D eigenvalue weighted by Crippen LogP contribution is 2.18. The first-order valence-electron chi connectivity index (χ1n) is 8.21. The van der Waals surface area contributed by atoms with E-state index in [1.807, 2.05) is 19.1 Å². The predicted octanol–water partition coefficient (Wildman–Crippen LogP) is 4.19. The van der Waals surface area contributed by atoms with Gasteiger partial charge in [-0.25, -0.2) is 0 Å². The normalized spacial score (nSPS) is 12.6. The molecule has 1 aromatic carbocycles. The standard InChI is InChI=1S/C18H31NO2/c1-5-12-19-18(14-20-13-11-15(3)4)16-7-9-17(10-8-16)21-6-2/h7-10,15,18-19H,5-6,11-14H2,1-4H3. The summed E-state index contributed by atoms with van der Waals surface area (Å²) in [5, 5.41) is 3.56. The summed E-state index contributed by atoms with van der Waals surface area (Å²) in [4.78, 5) is 0. The van der Waals surface area contributed by atoms with Gasteiger partial charge in [0.1, 0.15) is 5.75 Å². The molecule has 0 saturated carbocycles. The zero-order chi connectivity index (χ0) is 15.5. The molecule has 0 radical (unpaired) electrons. The van der Waals surface area contributed by atoms with Crippen LogP contribution in [-0.2, 0) is 4.74 Å². The molecule has 0 bridgehead atoms. The second-order valence-corrected chi connectivity index (χ2v) is 5.77. The molecular formula is C18H31NO2. The number of nitrogens with one attached hydrogen (secondary N) is 1. The van der Waals surface area contributed by atoms with Crippen molar-refractivity contribution in [1.82, 2.24) is 5.32 Å². The van der Waals surface area contributed by atoms with Crippen LogP contribution in [0.4, 0.5) is 0 Å². The van der Waals surface area contributed by atoms with Crippen LogP contribution in [-0.4, -0.2) is 26.4 Å². The third-order valence-electron chi connectivity index (χ3n) is 3.36.